The zero-order valence-electron chi connectivity index (χ0n) is 11.8. The van der Waals surface area contributed by atoms with E-state index in [1.54, 1.807) is 0 Å². The van der Waals surface area contributed by atoms with E-state index in [2.05, 4.69) is 33.5 Å². The molecule has 0 aromatic carbocycles. The first-order valence-corrected chi connectivity index (χ1v) is 6.72. The van der Waals surface area contributed by atoms with Crippen LogP contribution in [0.3, 0.4) is 0 Å². The summed E-state index contributed by atoms with van der Waals surface area (Å²) in [5, 5.41) is 20.5. The molecule has 1 aliphatic heterocycles. The predicted molar refractivity (Wildman–Crippen MR) is 74.8 cm³/mol. The van der Waals surface area contributed by atoms with Gasteiger partial charge >= 0.3 is 0 Å². The Bertz CT molecular complexity index is 452. The van der Waals surface area contributed by atoms with Gasteiger partial charge in [-0.05, 0) is 59.0 Å². The molecular weight excluding hydrogens is 238 g/mol. The van der Waals surface area contributed by atoms with Crippen molar-refractivity contribution in [2.24, 2.45) is 0 Å². The number of nitriles is 1. The molecule has 5 nitrogen and oxygen atoms in total. The fraction of sp³-hybridized carbons (Fsp3) is 0.643. The summed E-state index contributed by atoms with van der Waals surface area (Å²) < 4.78 is 0. The van der Waals surface area contributed by atoms with Crippen molar-refractivity contribution in [1.29, 1.82) is 5.26 Å². The third-order valence-corrected chi connectivity index (χ3v) is 3.54. The molecule has 102 valence electrons. The first kappa shape index (κ1) is 13.8. The smallest absolute Gasteiger partial charge is 0.149 e. The van der Waals surface area contributed by atoms with E-state index in [4.69, 9.17) is 5.26 Å². The van der Waals surface area contributed by atoms with Crippen LogP contribution in [-0.2, 0) is 0 Å². The lowest BCUT2D eigenvalue weighted by atomic mass is 9.94. The normalized spacial score (nSPS) is 18.0. The van der Waals surface area contributed by atoms with Crippen molar-refractivity contribution in [3.05, 3.63) is 17.8 Å². The Labute approximate surface area is 114 Å². The molecule has 0 saturated carbocycles. The molecule has 2 heterocycles. The van der Waals surface area contributed by atoms with Gasteiger partial charge in [-0.3, -0.25) is 0 Å². The molecule has 0 aliphatic carbocycles. The number of nitrogens with one attached hydrogen (secondary N) is 1. The van der Waals surface area contributed by atoms with Crippen LogP contribution < -0.4 is 5.32 Å². The number of rotatable bonds is 3. The second-order valence-corrected chi connectivity index (χ2v) is 5.78. The van der Waals surface area contributed by atoms with Gasteiger partial charge in [-0.2, -0.15) is 10.4 Å². The van der Waals surface area contributed by atoms with Gasteiger partial charge in [0.1, 0.15) is 11.4 Å². The predicted octanol–water partition coefficient (Wildman–Crippen LogP) is 2.00. The summed E-state index contributed by atoms with van der Waals surface area (Å²) in [4.78, 5) is 2.34. The van der Waals surface area contributed by atoms with Gasteiger partial charge in [-0.15, -0.1) is 5.10 Å². The van der Waals surface area contributed by atoms with Crippen LogP contribution in [0.5, 0.6) is 0 Å². The number of likely N-dealkylation sites (tertiary alicyclic amines) is 1. The number of hydrogen-bond acceptors (Lipinski definition) is 5. The monoisotopic (exact) mass is 259 g/mol. The van der Waals surface area contributed by atoms with E-state index in [0.29, 0.717) is 11.7 Å². The van der Waals surface area contributed by atoms with E-state index in [9.17, 15) is 0 Å². The zero-order chi connectivity index (χ0) is 13.9. The van der Waals surface area contributed by atoms with Gasteiger partial charge in [0.05, 0.1) is 11.8 Å². The first-order valence-electron chi connectivity index (χ1n) is 6.72. The third-order valence-electron chi connectivity index (χ3n) is 3.54. The highest BCUT2D eigenvalue weighted by molar-refractivity contribution is 5.39. The fourth-order valence-electron chi connectivity index (χ4n) is 2.28. The van der Waals surface area contributed by atoms with Crippen LogP contribution in [0.1, 0.15) is 38.3 Å². The number of nitrogens with zero attached hydrogens (tertiary/aromatic N) is 4. The average molecular weight is 259 g/mol. The summed E-state index contributed by atoms with van der Waals surface area (Å²) in [6.45, 7) is 5.88. The lowest BCUT2D eigenvalue weighted by molar-refractivity contribution is 0.253. The highest BCUT2D eigenvalue weighted by Crippen LogP contribution is 2.26. The summed E-state index contributed by atoms with van der Waals surface area (Å²) in [7, 11) is 2.15. The van der Waals surface area contributed by atoms with Gasteiger partial charge in [0.2, 0.25) is 0 Å². The number of anilines is 1. The lowest BCUT2D eigenvalue weighted by Gasteiger charge is -2.28. The fourth-order valence-corrected chi connectivity index (χ4v) is 2.28. The third kappa shape index (κ3) is 3.65. The maximum atomic E-state index is 8.97. The zero-order valence-corrected chi connectivity index (χ0v) is 11.8. The lowest BCUT2D eigenvalue weighted by Crippen LogP contribution is -2.30. The summed E-state index contributed by atoms with van der Waals surface area (Å²) in [6.07, 6.45) is 2.28. The van der Waals surface area contributed by atoms with Crippen molar-refractivity contribution in [3.63, 3.8) is 0 Å². The molecular formula is C14H21N5. The van der Waals surface area contributed by atoms with Gasteiger partial charge in [0.15, 0.2) is 0 Å². The minimum atomic E-state index is -0.621. The molecule has 0 atom stereocenters. The van der Waals surface area contributed by atoms with Gasteiger partial charge in [0.25, 0.3) is 0 Å². The summed E-state index contributed by atoms with van der Waals surface area (Å²) >= 11 is 0. The molecule has 0 amide bonds. The van der Waals surface area contributed by atoms with Crippen molar-refractivity contribution in [3.8, 4) is 6.07 Å². The number of aromatic nitrogens is 2. The quantitative estimate of drug-likeness (QED) is 0.899. The van der Waals surface area contributed by atoms with E-state index in [-0.39, 0.29) is 0 Å². The molecule has 0 unspecified atom stereocenters. The van der Waals surface area contributed by atoms with Crippen molar-refractivity contribution in [1.82, 2.24) is 15.1 Å². The van der Waals surface area contributed by atoms with E-state index >= 15 is 0 Å². The Balaban J connectivity index is 2.01. The van der Waals surface area contributed by atoms with Crippen LogP contribution in [0.2, 0.25) is 0 Å². The maximum absolute atomic E-state index is 8.97. The molecule has 0 spiro atoms. The minimum Gasteiger partial charge on any atom is -0.351 e. The molecule has 1 fully saturated rings. The number of hydrogen-bond donors (Lipinski definition) is 1. The van der Waals surface area contributed by atoms with Gasteiger partial charge in [0, 0.05) is 5.92 Å². The minimum absolute atomic E-state index is 0.515. The molecule has 19 heavy (non-hydrogen) atoms. The van der Waals surface area contributed by atoms with E-state index in [0.717, 1.165) is 31.6 Å². The Morgan fingerprint density at radius 2 is 2.00 bits per heavy atom. The van der Waals surface area contributed by atoms with Crippen molar-refractivity contribution in [2.45, 2.75) is 38.1 Å². The SMILES string of the molecule is CN1CCC(c2ccc(NC(C)(C)C#N)nn2)CC1. The highest BCUT2D eigenvalue weighted by Gasteiger charge is 2.21. The van der Waals surface area contributed by atoms with Gasteiger partial charge < -0.3 is 10.2 Å². The van der Waals surface area contributed by atoms with Crippen molar-refractivity contribution in [2.75, 3.05) is 25.5 Å². The van der Waals surface area contributed by atoms with Crippen LogP contribution >= 0.6 is 0 Å². The molecule has 2 rings (SSSR count). The average Bonchev–Trinajstić information content (AvgIpc) is 2.40. The standard InChI is InChI=1S/C14H21N5/c1-14(2,10-15)16-13-5-4-12(17-18-13)11-6-8-19(3)9-7-11/h4-5,11H,6-9H2,1-3H3,(H,16,18). The van der Waals surface area contributed by atoms with Crippen molar-refractivity contribution < 1.29 is 0 Å². The Morgan fingerprint density at radius 3 is 2.53 bits per heavy atom. The second-order valence-electron chi connectivity index (χ2n) is 5.78. The van der Waals surface area contributed by atoms with Crippen LogP contribution in [0.4, 0.5) is 5.82 Å². The van der Waals surface area contributed by atoms with Crippen LogP contribution in [-0.4, -0.2) is 40.8 Å². The molecule has 5 heteroatoms. The molecule has 0 radical (unpaired) electrons. The van der Waals surface area contributed by atoms with Crippen LogP contribution in [0.15, 0.2) is 12.1 Å². The van der Waals surface area contributed by atoms with E-state index < -0.39 is 5.54 Å². The summed E-state index contributed by atoms with van der Waals surface area (Å²) in [6, 6.07) is 6.13. The van der Waals surface area contributed by atoms with Crippen LogP contribution in [0.25, 0.3) is 0 Å². The largest absolute Gasteiger partial charge is 0.351 e. The second kappa shape index (κ2) is 5.54. The topological polar surface area (TPSA) is 64.8 Å². The van der Waals surface area contributed by atoms with E-state index in [1.807, 2.05) is 26.0 Å². The maximum Gasteiger partial charge on any atom is 0.149 e. The Hall–Kier alpha value is -1.67. The molecule has 1 aromatic heterocycles. The Morgan fingerprint density at radius 1 is 1.32 bits per heavy atom. The van der Waals surface area contributed by atoms with Crippen molar-refractivity contribution >= 4 is 5.82 Å². The summed E-state index contributed by atoms with van der Waals surface area (Å²) in [5.74, 6) is 1.17. The number of piperidine rings is 1. The Kier molecular flexibility index (Phi) is 4.01. The van der Waals surface area contributed by atoms with Crippen LogP contribution in [0, 0.1) is 11.3 Å². The van der Waals surface area contributed by atoms with Gasteiger partial charge in [-0.1, -0.05) is 0 Å². The van der Waals surface area contributed by atoms with Gasteiger partial charge in [-0.25, -0.2) is 0 Å². The highest BCUT2D eigenvalue weighted by atomic mass is 15.2. The molecule has 1 aliphatic rings. The molecule has 0 bridgehead atoms. The molecule has 1 saturated heterocycles. The molecule has 1 aromatic rings. The van der Waals surface area contributed by atoms with E-state index in [1.165, 1.54) is 0 Å². The molecule has 1 N–H and O–H groups in total. The first-order chi connectivity index (χ1) is 9.00. The summed E-state index contributed by atoms with van der Waals surface area (Å²) in [5.41, 5.74) is 0.442.